The fraction of sp³-hybridized carbons (Fsp3) is 0.294. The highest BCUT2D eigenvalue weighted by Gasteiger charge is 2.07. The first-order chi connectivity index (χ1) is 11.7. The predicted octanol–water partition coefficient (Wildman–Crippen LogP) is 1.60. The molecule has 7 heteroatoms. The molecule has 0 aliphatic heterocycles. The van der Waals surface area contributed by atoms with Crippen molar-refractivity contribution >= 4 is 11.8 Å². The van der Waals surface area contributed by atoms with Crippen molar-refractivity contribution in [3.8, 4) is 11.5 Å². The highest BCUT2D eigenvalue weighted by atomic mass is 16.5. The molecule has 0 fully saturated rings. The van der Waals surface area contributed by atoms with Gasteiger partial charge in [-0.05, 0) is 43.3 Å². The molecular formula is C17H20N2O5. The zero-order valence-corrected chi connectivity index (χ0v) is 13.4. The molecule has 2 aromatic rings. The fourth-order valence-corrected chi connectivity index (χ4v) is 1.87. The van der Waals surface area contributed by atoms with E-state index in [2.05, 4.69) is 10.6 Å². The topological polar surface area (TPSA) is 89.8 Å². The van der Waals surface area contributed by atoms with E-state index in [1.54, 1.807) is 36.4 Å². The van der Waals surface area contributed by atoms with Gasteiger partial charge in [-0.15, -0.1) is 0 Å². The van der Waals surface area contributed by atoms with Crippen molar-refractivity contribution in [1.82, 2.24) is 10.6 Å². The second-order valence-corrected chi connectivity index (χ2v) is 4.78. The van der Waals surface area contributed by atoms with Crippen LogP contribution in [0.5, 0.6) is 11.5 Å². The third-order valence-electron chi connectivity index (χ3n) is 2.98. The van der Waals surface area contributed by atoms with E-state index in [1.165, 1.54) is 6.26 Å². The Morgan fingerprint density at radius 3 is 2.29 bits per heavy atom. The van der Waals surface area contributed by atoms with Crippen molar-refractivity contribution < 1.29 is 23.5 Å². The first-order valence-electron chi connectivity index (χ1n) is 7.63. The number of hydrogen-bond acceptors (Lipinski definition) is 5. The summed E-state index contributed by atoms with van der Waals surface area (Å²) >= 11 is 0. The maximum Gasteiger partial charge on any atom is 0.287 e. The smallest absolute Gasteiger partial charge is 0.287 e. The van der Waals surface area contributed by atoms with Crippen molar-refractivity contribution in [2.75, 3.05) is 26.3 Å². The van der Waals surface area contributed by atoms with Crippen molar-refractivity contribution in [2.24, 2.45) is 0 Å². The molecule has 7 nitrogen and oxygen atoms in total. The number of rotatable bonds is 9. The van der Waals surface area contributed by atoms with Crippen LogP contribution in [0.1, 0.15) is 17.5 Å². The molecule has 0 saturated heterocycles. The Morgan fingerprint density at radius 1 is 1.00 bits per heavy atom. The lowest BCUT2D eigenvalue weighted by atomic mass is 10.3. The summed E-state index contributed by atoms with van der Waals surface area (Å²) in [4.78, 5) is 23.2. The van der Waals surface area contributed by atoms with Crippen LogP contribution in [-0.2, 0) is 4.79 Å². The summed E-state index contributed by atoms with van der Waals surface area (Å²) in [7, 11) is 0. The number of ether oxygens (including phenoxy) is 2. The lowest BCUT2D eigenvalue weighted by molar-refractivity contribution is -0.123. The minimum absolute atomic E-state index is 0.0971. The summed E-state index contributed by atoms with van der Waals surface area (Å²) in [5, 5.41) is 5.28. The van der Waals surface area contributed by atoms with Gasteiger partial charge in [0.2, 0.25) is 0 Å². The molecule has 128 valence electrons. The second-order valence-electron chi connectivity index (χ2n) is 4.78. The fourth-order valence-electron chi connectivity index (χ4n) is 1.87. The Morgan fingerprint density at radius 2 is 1.67 bits per heavy atom. The summed E-state index contributed by atoms with van der Waals surface area (Å²) in [5.74, 6) is 0.984. The summed E-state index contributed by atoms with van der Waals surface area (Å²) in [6, 6.07) is 10.2. The number of carbonyl (C=O) groups excluding carboxylic acids is 2. The molecule has 0 radical (unpaired) electrons. The average molecular weight is 332 g/mol. The summed E-state index contributed by atoms with van der Waals surface area (Å²) in [5.41, 5.74) is 0. The molecule has 24 heavy (non-hydrogen) atoms. The van der Waals surface area contributed by atoms with Crippen molar-refractivity contribution in [3.63, 3.8) is 0 Å². The van der Waals surface area contributed by atoms with Gasteiger partial charge in [0.05, 0.1) is 12.9 Å². The van der Waals surface area contributed by atoms with E-state index in [4.69, 9.17) is 13.9 Å². The highest BCUT2D eigenvalue weighted by molar-refractivity contribution is 5.91. The van der Waals surface area contributed by atoms with Gasteiger partial charge in [-0.3, -0.25) is 9.59 Å². The van der Waals surface area contributed by atoms with Crippen molar-refractivity contribution in [1.29, 1.82) is 0 Å². The summed E-state index contributed by atoms with van der Waals surface area (Å²) in [6.45, 7) is 3.01. The molecule has 2 N–H and O–H groups in total. The first-order valence-corrected chi connectivity index (χ1v) is 7.63. The van der Waals surface area contributed by atoms with Gasteiger partial charge in [-0.1, -0.05) is 0 Å². The molecule has 0 saturated carbocycles. The van der Waals surface area contributed by atoms with E-state index in [-0.39, 0.29) is 24.2 Å². The van der Waals surface area contributed by atoms with Crippen LogP contribution in [-0.4, -0.2) is 38.1 Å². The normalized spacial score (nSPS) is 10.0. The number of carbonyl (C=O) groups is 2. The van der Waals surface area contributed by atoms with Crippen LogP contribution in [0, 0.1) is 0 Å². The number of furan rings is 1. The van der Waals surface area contributed by atoms with E-state index < -0.39 is 0 Å². The Kier molecular flexibility index (Phi) is 6.70. The van der Waals surface area contributed by atoms with Crippen LogP contribution in [0.3, 0.4) is 0 Å². The third kappa shape index (κ3) is 5.68. The monoisotopic (exact) mass is 332 g/mol. The Hall–Kier alpha value is -2.96. The largest absolute Gasteiger partial charge is 0.494 e. The van der Waals surface area contributed by atoms with Crippen LogP contribution >= 0.6 is 0 Å². The third-order valence-corrected chi connectivity index (χ3v) is 2.98. The van der Waals surface area contributed by atoms with E-state index in [1.807, 2.05) is 6.92 Å². The number of amides is 2. The van der Waals surface area contributed by atoms with Crippen LogP contribution in [0.2, 0.25) is 0 Å². The maximum atomic E-state index is 11.7. The zero-order valence-electron chi connectivity index (χ0n) is 13.4. The molecule has 1 heterocycles. The number of hydrogen-bond donors (Lipinski definition) is 2. The average Bonchev–Trinajstić information content (AvgIpc) is 3.13. The van der Waals surface area contributed by atoms with Gasteiger partial charge >= 0.3 is 0 Å². The Bertz CT molecular complexity index is 638. The molecule has 1 aromatic heterocycles. The molecule has 1 aromatic carbocycles. The highest BCUT2D eigenvalue weighted by Crippen LogP contribution is 2.17. The number of nitrogens with one attached hydrogen (secondary N) is 2. The zero-order chi connectivity index (χ0) is 17.2. The first kappa shape index (κ1) is 17.4. The predicted molar refractivity (Wildman–Crippen MR) is 87.2 cm³/mol. The van der Waals surface area contributed by atoms with Crippen LogP contribution in [0.4, 0.5) is 0 Å². The van der Waals surface area contributed by atoms with E-state index in [0.29, 0.717) is 25.4 Å². The molecular weight excluding hydrogens is 312 g/mol. The second kappa shape index (κ2) is 9.24. The molecule has 0 unspecified atom stereocenters. The lowest BCUT2D eigenvalue weighted by Crippen LogP contribution is -2.36. The van der Waals surface area contributed by atoms with E-state index >= 15 is 0 Å². The van der Waals surface area contributed by atoms with Crippen LogP contribution < -0.4 is 20.1 Å². The van der Waals surface area contributed by atoms with Gasteiger partial charge in [-0.2, -0.15) is 0 Å². The molecule has 0 aliphatic carbocycles. The van der Waals surface area contributed by atoms with Crippen molar-refractivity contribution in [3.05, 3.63) is 48.4 Å². The molecule has 0 spiro atoms. The Labute approximate surface area is 139 Å². The van der Waals surface area contributed by atoms with Crippen LogP contribution in [0.25, 0.3) is 0 Å². The maximum absolute atomic E-state index is 11.7. The quantitative estimate of drug-likeness (QED) is 0.681. The van der Waals surface area contributed by atoms with Gasteiger partial charge in [-0.25, -0.2) is 0 Å². The van der Waals surface area contributed by atoms with Crippen LogP contribution in [0.15, 0.2) is 47.1 Å². The number of benzene rings is 1. The SMILES string of the molecule is CCOc1ccc(OCC(=O)NCCNC(=O)c2ccco2)cc1. The molecule has 2 rings (SSSR count). The molecule has 0 aliphatic rings. The summed E-state index contributed by atoms with van der Waals surface area (Å²) in [6.07, 6.45) is 1.43. The molecule has 0 bridgehead atoms. The van der Waals surface area contributed by atoms with Gasteiger partial charge < -0.3 is 24.5 Å². The Balaban J connectivity index is 1.60. The standard InChI is InChI=1S/C17H20N2O5/c1-2-22-13-5-7-14(8-6-13)24-12-16(20)18-9-10-19-17(21)15-4-3-11-23-15/h3-8,11H,2,9-10,12H2,1H3,(H,18,20)(H,19,21). The van der Waals surface area contributed by atoms with Gasteiger partial charge in [0.1, 0.15) is 11.5 Å². The lowest BCUT2D eigenvalue weighted by Gasteiger charge is -2.09. The molecule has 0 atom stereocenters. The minimum Gasteiger partial charge on any atom is -0.494 e. The van der Waals surface area contributed by atoms with E-state index in [0.717, 1.165) is 5.75 Å². The van der Waals surface area contributed by atoms with Gasteiger partial charge in [0, 0.05) is 13.1 Å². The molecule has 2 amide bonds. The van der Waals surface area contributed by atoms with Gasteiger partial charge in [0.15, 0.2) is 12.4 Å². The van der Waals surface area contributed by atoms with Gasteiger partial charge in [0.25, 0.3) is 11.8 Å². The van der Waals surface area contributed by atoms with E-state index in [9.17, 15) is 9.59 Å². The summed E-state index contributed by atoms with van der Waals surface area (Å²) < 4.78 is 15.6. The minimum atomic E-state index is -0.320. The van der Waals surface area contributed by atoms with Crippen molar-refractivity contribution in [2.45, 2.75) is 6.92 Å².